The second-order valence-electron chi connectivity index (χ2n) is 3.70. The van der Waals surface area contributed by atoms with Crippen molar-refractivity contribution in [3.63, 3.8) is 0 Å². The average Bonchev–Trinajstić information content (AvgIpc) is 2.26. The van der Waals surface area contributed by atoms with E-state index in [0.717, 1.165) is 6.54 Å². The Bertz CT molecular complexity index is 251. The monoisotopic (exact) mass is 194 g/mol. The van der Waals surface area contributed by atoms with Crippen molar-refractivity contribution in [2.24, 2.45) is 5.92 Å². The zero-order valence-electron chi connectivity index (χ0n) is 8.77. The van der Waals surface area contributed by atoms with E-state index in [9.17, 15) is 0 Å². The first kappa shape index (κ1) is 11.1. The molecule has 2 atom stereocenters. The molecule has 78 valence electrons. The van der Waals surface area contributed by atoms with Gasteiger partial charge in [0.25, 0.3) is 0 Å². The van der Waals surface area contributed by atoms with Crippen LogP contribution in [-0.2, 0) is 0 Å². The lowest BCUT2D eigenvalue weighted by Crippen LogP contribution is -2.26. The summed E-state index contributed by atoms with van der Waals surface area (Å²) in [6.45, 7) is 5.20. The van der Waals surface area contributed by atoms with Gasteiger partial charge in [-0.1, -0.05) is 6.92 Å². The van der Waals surface area contributed by atoms with Crippen molar-refractivity contribution in [2.45, 2.75) is 19.9 Å². The van der Waals surface area contributed by atoms with Crippen molar-refractivity contribution in [1.29, 1.82) is 0 Å². The van der Waals surface area contributed by atoms with E-state index in [4.69, 9.17) is 5.11 Å². The van der Waals surface area contributed by atoms with Gasteiger partial charge in [-0.2, -0.15) is 0 Å². The van der Waals surface area contributed by atoms with Crippen molar-refractivity contribution >= 4 is 0 Å². The first-order chi connectivity index (χ1) is 6.74. The number of aliphatic hydroxyl groups is 1. The molecule has 2 N–H and O–H groups in total. The molecule has 14 heavy (non-hydrogen) atoms. The summed E-state index contributed by atoms with van der Waals surface area (Å²) in [5, 5.41) is 12.2. The predicted molar refractivity (Wildman–Crippen MR) is 56.9 cm³/mol. The Kier molecular flexibility index (Phi) is 4.56. The summed E-state index contributed by atoms with van der Waals surface area (Å²) in [5.41, 5.74) is 1.23. The number of hydrogen-bond acceptors (Lipinski definition) is 3. The Balaban J connectivity index is 2.39. The Morgan fingerprint density at radius 3 is 2.57 bits per heavy atom. The zero-order valence-corrected chi connectivity index (χ0v) is 8.77. The fraction of sp³-hybridized carbons (Fsp3) is 0.545. The molecule has 0 fully saturated rings. The second kappa shape index (κ2) is 5.73. The van der Waals surface area contributed by atoms with E-state index in [1.54, 1.807) is 12.4 Å². The van der Waals surface area contributed by atoms with Crippen molar-refractivity contribution < 1.29 is 5.11 Å². The summed E-state index contributed by atoms with van der Waals surface area (Å²) in [7, 11) is 0. The Labute approximate surface area is 85.2 Å². The number of aliphatic hydroxyl groups excluding tert-OH is 1. The number of aromatic nitrogens is 1. The highest BCUT2D eigenvalue weighted by Gasteiger charge is 2.05. The molecule has 1 aromatic rings. The van der Waals surface area contributed by atoms with Crippen LogP contribution in [-0.4, -0.2) is 23.2 Å². The molecule has 1 unspecified atom stereocenters. The lowest BCUT2D eigenvalue weighted by atomic mass is 10.1. The van der Waals surface area contributed by atoms with Crippen molar-refractivity contribution in [3.8, 4) is 0 Å². The van der Waals surface area contributed by atoms with Crippen molar-refractivity contribution in [1.82, 2.24) is 10.3 Å². The molecule has 0 aliphatic carbocycles. The van der Waals surface area contributed by atoms with E-state index in [0.29, 0.717) is 12.0 Å². The topological polar surface area (TPSA) is 45.1 Å². The summed E-state index contributed by atoms with van der Waals surface area (Å²) in [5.74, 6) is 0.305. The second-order valence-corrected chi connectivity index (χ2v) is 3.70. The van der Waals surface area contributed by atoms with Crippen LogP contribution in [0.3, 0.4) is 0 Å². The summed E-state index contributed by atoms with van der Waals surface area (Å²) < 4.78 is 0. The predicted octanol–water partition coefficient (Wildman–Crippen LogP) is 1.36. The quantitative estimate of drug-likeness (QED) is 0.744. The Morgan fingerprint density at radius 1 is 1.36 bits per heavy atom. The van der Waals surface area contributed by atoms with E-state index in [1.165, 1.54) is 5.56 Å². The van der Waals surface area contributed by atoms with Crippen LogP contribution in [0.15, 0.2) is 24.5 Å². The maximum absolute atomic E-state index is 8.87. The average molecular weight is 194 g/mol. The van der Waals surface area contributed by atoms with E-state index in [-0.39, 0.29) is 6.61 Å². The molecular formula is C11H18N2O. The molecular weight excluding hydrogens is 176 g/mol. The highest BCUT2D eigenvalue weighted by molar-refractivity contribution is 5.13. The van der Waals surface area contributed by atoms with Crippen LogP contribution in [0.4, 0.5) is 0 Å². The van der Waals surface area contributed by atoms with E-state index >= 15 is 0 Å². The molecule has 0 aliphatic heterocycles. The molecule has 0 bridgehead atoms. The third kappa shape index (κ3) is 3.44. The van der Waals surface area contributed by atoms with Crippen LogP contribution in [0.2, 0.25) is 0 Å². The van der Waals surface area contributed by atoms with Gasteiger partial charge in [0.2, 0.25) is 0 Å². The highest BCUT2D eigenvalue weighted by Crippen LogP contribution is 2.10. The first-order valence-electron chi connectivity index (χ1n) is 4.98. The van der Waals surface area contributed by atoms with Gasteiger partial charge >= 0.3 is 0 Å². The third-order valence-electron chi connectivity index (χ3n) is 2.29. The minimum atomic E-state index is 0.232. The van der Waals surface area contributed by atoms with Gasteiger partial charge < -0.3 is 10.4 Å². The number of pyridine rings is 1. The van der Waals surface area contributed by atoms with Gasteiger partial charge in [-0.3, -0.25) is 4.98 Å². The molecule has 0 spiro atoms. The molecule has 1 aromatic heterocycles. The fourth-order valence-corrected chi connectivity index (χ4v) is 1.21. The van der Waals surface area contributed by atoms with Gasteiger partial charge in [0.15, 0.2) is 0 Å². The van der Waals surface area contributed by atoms with E-state index in [1.807, 2.05) is 19.1 Å². The van der Waals surface area contributed by atoms with Gasteiger partial charge in [-0.15, -0.1) is 0 Å². The molecule has 1 rings (SSSR count). The smallest absolute Gasteiger partial charge is 0.0468 e. The van der Waals surface area contributed by atoms with Gasteiger partial charge in [0.05, 0.1) is 0 Å². The molecule has 0 aromatic carbocycles. The SMILES string of the molecule is CC(CO)CN[C@@H](C)c1ccncc1. The van der Waals surface area contributed by atoms with Crippen molar-refractivity contribution in [3.05, 3.63) is 30.1 Å². The molecule has 3 nitrogen and oxygen atoms in total. The summed E-state index contributed by atoms with van der Waals surface area (Å²) in [6, 6.07) is 4.31. The molecule has 0 saturated heterocycles. The van der Waals surface area contributed by atoms with Gasteiger partial charge in [-0.05, 0) is 30.5 Å². The van der Waals surface area contributed by atoms with Gasteiger partial charge in [-0.25, -0.2) is 0 Å². The number of nitrogens with zero attached hydrogens (tertiary/aromatic N) is 1. The third-order valence-corrected chi connectivity index (χ3v) is 2.29. The summed E-state index contributed by atoms with van der Waals surface area (Å²) in [4.78, 5) is 3.97. The van der Waals surface area contributed by atoms with Crippen LogP contribution in [0, 0.1) is 5.92 Å². The molecule has 0 saturated carbocycles. The normalized spacial score (nSPS) is 15.1. The van der Waals surface area contributed by atoms with Crippen molar-refractivity contribution in [2.75, 3.05) is 13.2 Å². The molecule has 1 heterocycles. The zero-order chi connectivity index (χ0) is 10.4. The van der Waals surface area contributed by atoms with Crippen LogP contribution >= 0.6 is 0 Å². The Hall–Kier alpha value is -0.930. The van der Waals surface area contributed by atoms with E-state index < -0.39 is 0 Å². The van der Waals surface area contributed by atoms with Crippen LogP contribution in [0.5, 0.6) is 0 Å². The van der Waals surface area contributed by atoms with Gasteiger partial charge in [0.1, 0.15) is 0 Å². The standard InChI is InChI=1S/C11H18N2O/c1-9(8-14)7-13-10(2)11-3-5-12-6-4-11/h3-6,9-10,13-14H,7-8H2,1-2H3/t9?,10-/m0/s1. The summed E-state index contributed by atoms with van der Waals surface area (Å²) in [6.07, 6.45) is 3.59. The van der Waals surface area contributed by atoms with Crippen LogP contribution in [0.1, 0.15) is 25.5 Å². The number of nitrogens with one attached hydrogen (secondary N) is 1. The highest BCUT2D eigenvalue weighted by atomic mass is 16.3. The molecule has 0 radical (unpaired) electrons. The lowest BCUT2D eigenvalue weighted by Gasteiger charge is -2.16. The lowest BCUT2D eigenvalue weighted by molar-refractivity contribution is 0.231. The molecule has 0 aliphatic rings. The number of rotatable bonds is 5. The minimum absolute atomic E-state index is 0.232. The maximum atomic E-state index is 8.87. The minimum Gasteiger partial charge on any atom is -0.396 e. The van der Waals surface area contributed by atoms with Crippen LogP contribution in [0.25, 0.3) is 0 Å². The largest absolute Gasteiger partial charge is 0.396 e. The number of hydrogen-bond donors (Lipinski definition) is 2. The van der Waals surface area contributed by atoms with Crippen LogP contribution < -0.4 is 5.32 Å². The van der Waals surface area contributed by atoms with Gasteiger partial charge in [0, 0.05) is 31.6 Å². The fourth-order valence-electron chi connectivity index (χ4n) is 1.21. The summed E-state index contributed by atoms with van der Waals surface area (Å²) >= 11 is 0. The maximum Gasteiger partial charge on any atom is 0.0468 e. The first-order valence-corrected chi connectivity index (χ1v) is 4.98. The molecule has 3 heteroatoms. The molecule has 0 amide bonds. The van der Waals surface area contributed by atoms with E-state index in [2.05, 4.69) is 17.2 Å². The Morgan fingerprint density at radius 2 is 2.00 bits per heavy atom.